The molecule has 1 saturated heterocycles. The summed E-state index contributed by atoms with van der Waals surface area (Å²) in [4.78, 5) is 34.7. The summed E-state index contributed by atoms with van der Waals surface area (Å²) in [5, 5.41) is 14.9. The Morgan fingerprint density at radius 2 is 1.97 bits per heavy atom. The van der Waals surface area contributed by atoms with Crippen LogP contribution in [0, 0.1) is 17.0 Å². The van der Waals surface area contributed by atoms with E-state index in [1.165, 1.54) is 40.9 Å². The Kier molecular flexibility index (Phi) is 6.48. The predicted octanol–water partition coefficient (Wildman–Crippen LogP) is 2.54. The number of ether oxygens (including phenoxy) is 1. The SMILES string of the molecule is Cc1c(NC(=O)COC(=O)c2sccc2S(=O)(=O)N2CCCC2)cccc1[N+](=O)[O-]. The number of anilines is 1. The van der Waals surface area contributed by atoms with Gasteiger partial charge in [-0.1, -0.05) is 6.07 Å². The fourth-order valence-corrected chi connectivity index (χ4v) is 5.86. The minimum atomic E-state index is -3.80. The van der Waals surface area contributed by atoms with Gasteiger partial charge < -0.3 is 10.1 Å². The van der Waals surface area contributed by atoms with Gasteiger partial charge in [0.1, 0.15) is 9.77 Å². The molecule has 3 rings (SSSR count). The highest BCUT2D eigenvalue weighted by Gasteiger charge is 2.32. The van der Waals surface area contributed by atoms with Crippen molar-refractivity contribution in [3.05, 3.63) is 50.2 Å². The molecule has 0 saturated carbocycles. The van der Waals surface area contributed by atoms with Gasteiger partial charge in [0.05, 0.1) is 16.2 Å². The molecule has 1 aliphatic heterocycles. The summed E-state index contributed by atoms with van der Waals surface area (Å²) in [5.41, 5.74) is 0.332. The molecular weight excluding hydrogens is 434 g/mol. The number of carbonyl (C=O) groups is 2. The molecule has 1 N–H and O–H groups in total. The zero-order chi connectivity index (χ0) is 21.9. The second-order valence-corrected chi connectivity index (χ2v) is 9.38. The van der Waals surface area contributed by atoms with Gasteiger partial charge in [-0.15, -0.1) is 11.3 Å². The number of benzene rings is 1. The molecule has 10 nitrogen and oxygen atoms in total. The van der Waals surface area contributed by atoms with Gasteiger partial charge in [0.2, 0.25) is 10.0 Å². The first kappa shape index (κ1) is 21.9. The lowest BCUT2D eigenvalue weighted by Crippen LogP contribution is -2.29. The number of hydrogen-bond acceptors (Lipinski definition) is 8. The van der Waals surface area contributed by atoms with Gasteiger partial charge in [-0.05, 0) is 37.3 Å². The molecule has 0 bridgehead atoms. The third-order valence-electron chi connectivity index (χ3n) is 4.61. The number of amides is 1. The molecule has 1 aromatic heterocycles. The van der Waals surface area contributed by atoms with Gasteiger partial charge in [-0.25, -0.2) is 13.2 Å². The van der Waals surface area contributed by atoms with Crippen LogP contribution in [0.15, 0.2) is 34.5 Å². The molecule has 12 heteroatoms. The minimum Gasteiger partial charge on any atom is -0.451 e. The third-order valence-corrected chi connectivity index (χ3v) is 7.57. The molecule has 0 radical (unpaired) electrons. The monoisotopic (exact) mass is 453 g/mol. The molecule has 2 aromatic rings. The van der Waals surface area contributed by atoms with E-state index >= 15 is 0 Å². The Labute approximate surface area is 176 Å². The van der Waals surface area contributed by atoms with E-state index in [1.54, 1.807) is 0 Å². The normalized spacial score (nSPS) is 14.4. The molecule has 0 unspecified atom stereocenters. The van der Waals surface area contributed by atoms with Crippen molar-refractivity contribution >= 4 is 44.6 Å². The number of rotatable bonds is 7. The van der Waals surface area contributed by atoms with Crippen LogP contribution in [-0.4, -0.2) is 49.2 Å². The molecule has 0 aliphatic carbocycles. The van der Waals surface area contributed by atoms with Crippen LogP contribution in [0.3, 0.4) is 0 Å². The fourth-order valence-electron chi connectivity index (χ4n) is 3.06. The first-order chi connectivity index (χ1) is 14.2. The van der Waals surface area contributed by atoms with E-state index in [9.17, 15) is 28.1 Å². The zero-order valence-corrected chi connectivity index (χ0v) is 17.6. The Balaban J connectivity index is 1.66. The average molecular weight is 453 g/mol. The van der Waals surface area contributed by atoms with Crippen molar-refractivity contribution < 1.29 is 27.7 Å². The lowest BCUT2D eigenvalue weighted by atomic mass is 10.1. The number of nitro groups is 1. The predicted molar refractivity (Wildman–Crippen MR) is 109 cm³/mol. The maximum absolute atomic E-state index is 12.7. The van der Waals surface area contributed by atoms with Gasteiger partial charge in [-0.2, -0.15) is 4.31 Å². The summed E-state index contributed by atoms with van der Waals surface area (Å²) in [6, 6.07) is 5.57. The second kappa shape index (κ2) is 8.90. The molecule has 30 heavy (non-hydrogen) atoms. The lowest BCUT2D eigenvalue weighted by molar-refractivity contribution is -0.385. The fraction of sp³-hybridized carbons (Fsp3) is 0.333. The number of nitro benzene ring substituents is 1. The summed E-state index contributed by atoms with van der Waals surface area (Å²) in [6.07, 6.45) is 1.53. The van der Waals surface area contributed by atoms with Crippen LogP contribution in [-0.2, 0) is 19.6 Å². The molecule has 0 atom stereocenters. The first-order valence-electron chi connectivity index (χ1n) is 9.00. The summed E-state index contributed by atoms with van der Waals surface area (Å²) < 4.78 is 31.7. The summed E-state index contributed by atoms with van der Waals surface area (Å²) in [5.74, 6) is -1.62. The lowest BCUT2D eigenvalue weighted by Gasteiger charge is -2.15. The van der Waals surface area contributed by atoms with Crippen LogP contribution in [0.1, 0.15) is 28.1 Å². The molecule has 1 fully saturated rings. The number of nitrogens with zero attached hydrogens (tertiary/aromatic N) is 2. The van der Waals surface area contributed by atoms with Crippen LogP contribution in [0.25, 0.3) is 0 Å². The average Bonchev–Trinajstić information content (AvgIpc) is 3.40. The number of sulfonamides is 1. The van der Waals surface area contributed by atoms with Gasteiger partial charge in [0.15, 0.2) is 6.61 Å². The van der Waals surface area contributed by atoms with E-state index < -0.39 is 33.4 Å². The molecule has 160 valence electrons. The van der Waals surface area contributed by atoms with Gasteiger partial charge in [-0.3, -0.25) is 14.9 Å². The van der Waals surface area contributed by atoms with Crippen molar-refractivity contribution in [3.63, 3.8) is 0 Å². The van der Waals surface area contributed by atoms with Crippen molar-refractivity contribution in [2.45, 2.75) is 24.7 Å². The van der Waals surface area contributed by atoms with Crippen LogP contribution in [0.4, 0.5) is 11.4 Å². The van der Waals surface area contributed by atoms with Crippen LogP contribution in [0.2, 0.25) is 0 Å². The largest absolute Gasteiger partial charge is 0.451 e. The number of thiophene rings is 1. The number of hydrogen-bond donors (Lipinski definition) is 1. The van der Waals surface area contributed by atoms with E-state index in [-0.39, 0.29) is 26.7 Å². The van der Waals surface area contributed by atoms with Crippen LogP contribution >= 0.6 is 11.3 Å². The van der Waals surface area contributed by atoms with Gasteiger partial charge in [0.25, 0.3) is 11.6 Å². The number of esters is 1. The molecule has 1 aliphatic rings. The Morgan fingerprint density at radius 3 is 2.63 bits per heavy atom. The van der Waals surface area contributed by atoms with E-state index in [0.29, 0.717) is 13.1 Å². The van der Waals surface area contributed by atoms with Crippen molar-refractivity contribution in [2.75, 3.05) is 25.0 Å². The molecular formula is C18H19N3O7S2. The second-order valence-electron chi connectivity index (χ2n) is 6.56. The van der Waals surface area contributed by atoms with Crippen LogP contribution < -0.4 is 5.32 Å². The molecule has 0 spiro atoms. The molecule has 1 amide bonds. The van der Waals surface area contributed by atoms with Crippen LogP contribution in [0.5, 0.6) is 0 Å². The minimum absolute atomic E-state index is 0.0961. The summed E-state index contributed by atoms with van der Waals surface area (Å²) in [6.45, 7) is 1.62. The quantitative estimate of drug-likeness (QED) is 0.386. The molecule has 1 aromatic carbocycles. The zero-order valence-electron chi connectivity index (χ0n) is 16.0. The Hall–Kier alpha value is -2.83. The van der Waals surface area contributed by atoms with Crippen molar-refractivity contribution in [1.29, 1.82) is 0 Å². The van der Waals surface area contributed by atoms with Crippen molar-refractivity contribution in [2.24, 2.45) is 0 Å². The Bertz CT molecular complexity index is 1090. The van der Waals surface area contributed by atoms with Crippen molar-refractivity contribution in [1.82, 2.24) is 4.31 Å². The van der Waals surface area contributed by atoms with E-state index in [1.807, 2.05) is 0 Å². The first-order valence-corrected chi connectivity index (χ1v) is 11.3. The van der Waals surface area contributed by atoms with Gasteiger partial charge >= 0.3 is 5.97 Å². The highest BCUT2D eigenvalue weighted by Crippen LogP contribution is 2.28. The Morgan fingerprint density at radius 1 is 1.27 bits per heavy atom. The van der Waals surface area contributed by atoms with Gasteiger partial charge in [0, 0.05) is 19.2 Å². The standard InChI is InChI=1S/C18H19N3O7S2/c1-12-13(5-4-6-14(12)21(24)25)19-16(22)11-28-18(23)17-15(7-10-29-17)30(26,27)20-8-2-3-9-20/h4-7,10H,2-3,8-9,11H2,1H3,(H,19,22). The van der Waals surface area contributed by atoms with E-state index in [0.717, 1.165) is 24.2 Å². The summed E-state index contributed by atoms with van der Waals surface area (Å²) >= 11 is 0.920. The summed E-state index contributed by atoms with van der Waals surface area (Å²) in [7, 11) is -3.80. The smallest absolute Gasteiger partial charge is 0.350 e. The van der Waals surface area contributed by atoms with E-state index in [4.69, 9.17) is 4.74 Å². The maximum Gasteiger partial charge on any atom is 0.350 e. The third kappa shape index (κ3) is 4.50. The molecule has 2 heterocycles. The van der Waals surface area contributed by atoms with E-state index in [2.05, 4.69) is 5.32 Å². The number of nitrogens with one attached hydrogen (secondary N) is 1. The number of carbonyl (C=O) groups excluding carboxylic acids is 2. The maximum atomic E-state index is 12.7. The highest BCUT2D eigenvalue weighted by molar-refractivity contribution is 7.89. The van der Waals surface area contributed by atoms with Crippen molar-refractivity contribution in [3.8, 4) is 0 Å². The topological polar surface area (TPSA) is 136 Å². The highest BCUT2D eigenvalue weighted by atomic mass is 32.2.